The van der Waals surface area contributed by atoms with E-state index in [1.165, 1.54) is 13.2 Å². The van der Waals surface area contributed by atoms with E-state index in [0.717, 1.165) is 0 Å². The summed E-state index contributed by atoms with van der Waals surface area (Å²) >= 11 is 5.82. The largest absolute Gasteiger partial charge is 0.506 e. The zero-order valence-corrected chi connectivity index (χ0v) is 8.80. The lowest BCUT2D eigenvalue weighted by Gasteiger charge is -2.09. The number of benzene rings is 1. The molecule has 1 heterocycles. The molecule has 82 valence electrons. The highest BCUT2D eigenvalue weighted by Crippen LogP contribution is 2.44. The van der Waals surface area contributed by atoms with E-state index in [9.17, 15) is 5.11 Å². The summed E-state index contributed by atoms with van der Waals surface area (Å²) < 4.78 is 10.4. The Morgan fingerprint density at radius 3 is 3.13 bits per heavy atom. The minimum atomic E-state index is -0.0227. The summed E-state index contributed by atoms with van der Waals surface area (Å²) in [5.74, 6) is 1.01. The topological polar surface area (TPSA) is 60.0 Å². The van der Waals surface area contributed by atoms with E-state index >= 15 is 0 Å². The van der Waals surface area contributed by atoms with Crippen molar-refractivity contribution in [3.05, 3.63) is 16.7 Å². The van der Waals surface area contributed by atoms with Gasteiger partial charge in [-0.25, -0.2) is 0 Å². The predicted octanol–water partition coefficient (Wildman–Crippen LogP) is 1.43. The average molecular weight is 232 g/mol. The molecule has 5 nitrogen and oxygen atoms in total. The Morgan fingerprint density at radius 2 is 2.40 bits per heavy atom. The first-order valence-corrected chi connectivity index (χ1v) is 4.67. The summed E-state index contributed by atoms with van der Waals surface area (Å²) in [6, 6.07) is 1.52. The van der Waals surface area contributed by atoms with Gasteiger partial charge in [-0.3, -0.25) is 0 Å². The van der Waals surface area contributed by atoms with Crippen molar-refractivity contribution in [2.75, 3.05) is 13.9 Å². The van der Waals surface area contributed by atoms with Gasteiger partial charge in [0.2, 0.25) is 6.79 Å². The summed E-state index contributed by atoms with van der Waals surface area (Å²) in [5.41, 5.74) is 3.13. The molecule has 0 saturated heterocycles. The van der Waals surface area contributed by atoms with E-state index in [1.54, 1.807) is 0 Å². The molecular weight excluding hydrogens is 222 g/mol. The van der Waals surface area contributed by atoms with Crippen molar-refractivity contribution in [3.63, 3.8) is 0 Å². The van der Waals surface area contributed by atoms with Crippen molar-refractivity contribution >= 4 is 11.6 Å². The van der Waals surface area contributed by atoms with E-state index in [-0.39, 0.29) is 24.1 Å². The minimum absolute atomic E-state index is 0.0227. The van der Waals surface area contributed by atoms with Crippen LogP contribution in [0.1, 0.15) is 5.56 Å². The van der Waals surface area contributed by atoms with Crippen LogP contribution in [0.3, 0.4) is 0 Å². The predicted molar refractivity (Wildman–Crippen MR) is 53.1 cm³/mol. The molecule has 1 aromatic carbocycles. The fourth-order valence-electron chi connectivity index (χ4n) is 1.38. The van der Waals surface area contributed by atoms with Gasteiger partial charge in [0.1, 0.15) is 5.75 Å². The van der Waals surface area contributed by atoms with Gasteiger partial charge < -0.3 is 19.4 Å². The van der Waals surface area contributed by atoms with Crippen LogP contribution in [0.5, 0.6) is 17.2 Å². The van der Waals surface area contributed by atoms with Gasteiger partial charge in [0.25, 0.3) is 0 Å². The standard InChI is InChI=1S/C9H10ClNO4/c1-13-11-3-5-8(12)6(10)2-7-9(5)15-4-14-7/h2,11-12H,3-4H2,1H3. The molecule has 0 amide bonds. The molecule has 0 fully saturated rings. The second-order valence-corrected chi connectivity index (χ2v) is 3.35. The molecule has 0 atom stereocenters. The smallest absolute Gasteiger partial charge is 0.231 e. The lowest BCUT2D eigenvalue weighted by molar-refractivity contribution is 0.0852. The SMILES string of the molecule is CONCc1c(O)c(Cl)cc2c1OCO2. The third kappa shape index (κ3) is 1.81. The number of halogens is 1. The first-order chi connectivity index (χ1) is 7.24. The van der Waals surface area contributed by atoms with E-state index < -0.39 is 0 Å². The number of rotatable bonds is 3. The highest BCUT2D eigenvalue weighted by molar-refractivity contribution is 6.32. The van der Waals surface area contributed by atoms with Crippen LogP contribution in [-0.2, 0) is 11.4 Å². The van der Waals surface area contributed by atoms with Crippen LogP contribution in [0.4, 0.5) is 0 Å². The fourth-order valence-corrected chi connectivity index (χ4v) is 1.59. The maximum absolute atomic E-state index is 9.73. The van der Waals surface area contributed by atoms with Gasteiger partial charge >= 0.3 is 0 Å². The first-order valence-electron chi connectivity index (χ1n) is 4.30. The lowest BCUT2D eigenvalue weighted by Crippen LogP contribution is -2.11. The number of hydrogen-bond donors (Lipinski definition) is 2. The van der Waals surface area contributed by atoms with Crippen molar-refractivity contribution < 1.29 is 19.4 Å². The van der Waals surface area contributed by atoms with Gasteiger partial charge in [-0.1, -0.05) is 11.6 Å². The van der Waals surface area contributed by atoms with Crippen molar-refractivity contribution in [1.29, 1.82) is 0 Å². The monoisotopic (exact) mass is 231 g/mol. The van der Waals surface area contributed by atoms with E-state index in [4.69, 9.17) is 25.9 Å². The number of aromatic hydroxyl groups is 1. The third-order valence-electron chi connectivity index (χ3n) is 2.08. The highest BCUT2D eigenvalue weighted by atomic mass is 35.5. The molecule has 0 radical (unpaired) electrons. The number of phenols is 1. The molecule has 15 heavy (non-hydrogen) atoms. The second kappa shape index (κ2) is 4.14. The quantitative estimate of drug-likeness (QED) is 0.771. The number of nitrogens with one attached hydrogen (secondary N) is 1. The van der Waals surface area contributed by atoms with Crippen molar-refractivity contribution in [3.8, 4) is 17.2 Å². The molecule has 0 aromatic heterocycles. The molecular formula is C9H10ClNO4. The van der Waals surface area contributed by atoms with Crippen LogP contribution < -0.4 is 15.0 Å². The van der Waals surface area contributed by atoms with Gasteiger partial charge in [0.05, 0.1) is 24.2 Å². The number of hydrogen-bond acceptors (Lipinski definition) is 5. The van der Waals surface area contributed by atoms with Crippen molar-refractivity contribution in [2.45, 2.75) is 6.54 Å². The van der Waals surface area contributed by atoms with Crippen LogP contribution >= 0.6 is 11.6 Å². The van der Waals surface area contributed by atoms with Gasteiger partial charge in [-0.2, -0.15) is 5.48 Å². The van der Waals surface area contributed by atoms with Gasteiger partial charge in [-0.15, -0.1) is 0 Å². The van der Waals surface area contributed by atoms with Crippen molar-refractivity contribution in [1.82, 2.24) is 5.48 Å². The third-order valence-corrected chi connectivity index (χ3v) is 2.37. The molecule has 0 aliphatic carbocycles. The molecule has 0 bridgehead atoms. The Kier molecular flexibility index (Phi) is 2.86. The minimum Gasteiger partial charge on any atom is -0.506 e. The molecule has 2 N–H and O–H groups in total. The molecule has 0 spiro atoms. The van der Waals surface area contributed by atoms with Crippen LogP contribution in [0, 0.1) is 0 Å². The molecule has 1 aliphatic heterocycles. The van der Waals surface area contributed by atoms with E-state index in [0.29, 0.717) is 17.1 Å². The molecule has 6 heteroatoms. The average Bonchev–Trinajstić information content (AvgIpc) is 2.66. The normalized spacial score (nSPS) is 13.2. The number of fused-ring (bicyclic) bond motifs is 1. The Morgan fingerprint density at radius 1 is 1.60 bits per heavy atom. The zero-order chi connectivity index (χ0) is 10.8. The Hall–Kier alpha value is -1.17. The van der Waals surface area contributed by atoms with Gasteiger partial charge in [0, 0.05) is 6.07 Å². The maximum Gasteiger partial charge on any atom is 0.231 e. The van der Waals surface area contributed by atoms with Crippen molar-refractivity contribution in [2.24, 2.45) is 0 Å². The summed E-state index contributed by atoms with van der Waals surface area (Å²) in [4.78, 5) is 4.70. The van der Waals surface area contributed by atoms with Crippen LogP contribution in [0.25, 0.3) is 0 Å². The molecule has 0 unspecified atom stereocenters. The highest BCUT2D eigenvalue weighted by Gasteiger charge is 2.23. The zero-order valence-electron chi connectivity index (χ0n) is 8.04. The summed E-state index contributed by atoms with van der Waals surface area (Å²) in [6.45, 7) is 0.420. The van der Waals surface area contributed by atoms with Crippen LogP contribution in [0.15, 0.2) is 6.07 Å². The van der Waals surface area contributed by atoms with Gasteiger partial charge in [0.15, 0.2) is 11.5 Å². The maximum atomic E-state index is 9.73. The van der Waals surface area contributed by atoms with Crippen LogP contribution in [0.2, 0.25) is 5.02 Å². The lowest BCUT2D eigenvalue weighted by atomic mass is 10.1. The Labute approximate surface area is 91.5 Å². The molecule has 1 aliphatic rings. The fraction of sp³-hybridized carbons (Fsp3) is 0.333. The molecule has 0 saturated carbocycles. The van der Waals surface area contributed by atoms with Crippen LogP contribution in [-0.4, -0.2) is 19.0 Å². The summed E-state index contributed by atoms with van der Waals surface area (Å²) in [6.07, 6.45) is 0. The first kappa shape index (κ1) is 10.4. The van der Waals surface area contributed by atoms with E-state index in [1.807, 2.05) is 0 Å². The summed E-state index contributed by atoms with van der Waals surface area (Å²) in [7, 11) is 1.49. The Bertz CT molecular complexity index is 383. The summed E-state index contributed by atoms with van der Waals surface area (Å²) in [5, 5.41) is 9.95. The number of phenolic OH excluding ortho intramolecular Hbond substituents is 1. The number of hydroxylamine groups is 1. The number of ether oxygens (including phenoxy) is 2. The Balaban J connectivity index is 2.41. The van der Waals surface area contributed by atoms with E-state index in [2.05, 4.69) is 5.48 Å². The molecule has 1 aromatic rings. The van der Waals surface area contributed by atoms with Gasteiger partial charge in [-0.05, 0) is 0 Å². The second-order valence-electron chi connectivity index (χ2n) is 2.94. The molecule has 2 rings (SSSR count).